The number of ether oxygens (including phenoxy) is 2. The molecule has 0 aliphatic carbocycles. The predicted octanol–water partition coefficient (Wildman–Crippen LogP) is 3.36. The Morgan fingerprint density at radius 1 is 1.00 bits per heavy atom. The monoisotopic (exact) mass is 370 g/mol. The van der Waals surface area contributed by atoms with Gasteiger partial charge in [0.05, 0.1) is 25.4 Å². The molecule has 0 aromatic heterocycles. The number of aryl methyl sites for hydroxylation is 1. The number of benzene rings is 2. The Kier molecular flexibility index (Phi) is 5.36. The maximum atomic E-state index is 12.9. The van der Waals surface area contributed by atoms with E-state index < -0.39 is 0 Å². The SMILES string of the molecule is O=C(Nc1ccc(F)cc1)N[C@H]1COC2[C@H](CCc3ccccc3)CO[C@@H]21. The highest BCUT2D eigenvalue weighted by Gasteiger charge is 2.47. The van der Waals surface area contributed by atoms with E-state index in [1.807, 2.05) is 6.07 Å². The normalized spacial score (nSPS) is 26.6. The lowest BCUT2D eigenvalue weighted by Crippen LogP contribution is -2.45. The zero-order chi connectivity index (χ0) is 18.6. The molecule has 6 heteroatoms. The van der Waals surface area contributed by atoms with Gasteiger partial charge >= 0.3 is 6.03 Å². The Balaban J connectivity index is 1.28. The van der Waals surface area contributed by atoms with Crippen molar-refractivity contribution in [3.8, 4) is 0 Å². The summed E-state index contributed by atoms with van der Waals surface area (Å²) in [6, 6.07) is 15.5. The van der Waals surface area contributed by atoms with E-state index in [9.17, 15) is 9.18 Å². The molecule has 1 unspecified atom stereocenters. The van der Waals surface area contributed by atoms with E-state index >= 15 is 0 Å². The number of anilines is 1. The molecule has 0 saturated carbocycles. The van der Waals surface area contributed by atoms with Gasteiger partial charge in [0.2, 0.25) is 0 Å². The van der Waals surface area contributed by atoms with Crippen molar-refractivity contribution >= 4 is 11.7 Å². The van der Waals surface area contributed by atoms with Crippen LogP contribution in [0.1, 0.15) is 12.0 Å². The van der Waals surface area contributed by atoms with Gasteiger partial charge in [-0.1, -0.05) is 30.3 Å². The molecular formula is C21H23FN2O3. The third-order valence-corrected chi connectivity index (χ3v) is 5.22. The summed E-state index contributed by atoms with van der Waals surface area (Å²) in [4.78, 5) is 12.2. The standard InChI is InChI=1S/C21H23FN2O3/c22-16-8-10-17(11-9-16)23-21(25)24-18-13-27-19-15(12-26-20(18)19)7-6-14-4-2-1-3-5-14/h1-5,8-11,15,18-20H,6-7,12-13H2,(H2,23,24,25)/t15-,18+,19?,20-/m1/s1. The Labute approximate surface area is 157 Å². The number of fused-ring (bicyclic) bond motifs is 1. The Hall–Kier alpha value is -2.44. The van der Waals surface area contributed by atoms with Crippen molar-refractivity contribution in [2.45, 2.75) is 31.1 Å². The summed E-state index contributed by atoms with van der Waals surface area (Å²) in [6.45, 7) is 1.09. The molecule has 2 aliphatic heterocycles. The van der Waals surface area contributed by atoms with E-state index in [1.54, 1.807) is 0 Å². The van der Waals surface area contributed by atoms with Gasteiger partial charge in [-0.25, -0.2) is 9.18 Å². The fourth-order valence-electron chi connectivity index (χ4n) is 3.82. The summed E-state index contributed by atoms with van der Waals surface area (Å²) < 4.78 is 24.8. The largest absolute Gasteiger partial charge is 0.373 e. The molecule has 5 nitrogen and oxygen atoms in total. The lowest BCUT2D eigenvalue weighted by molar-refractivity contribution is 0.0615. The van der Waals surface area contributed by atoms with Gasteiger partial charge in [-0.05, 0) is 42.7 Å². The van der Waals surface area contributed by atoms with E-state index in [-0.39, 0.29) is 30.1 Å². The van der Waals surface area contributed by atoms with Gasteiger partial charge in [0.15, 0.2) is 0 Å². The van der Waals surface area contributed by atoms with Crippen molar-refractivity contribution in [2.75, 3.05) is 18.5 Å². The van der Waals surface area contributed by atoms with Crippen molar-refractivity contribution in [1.82, 2.24) is 5.32 Å². The first-order valence-electron chi connectivity index (χ1n) is 9.29. The molecule has 0 radical (unpaired) electrons. The summed E-state index contributed by atoms with van der Waals surface area (Å²) in [7, 11) is 0. The second kappa shape index (κ2) is 8.06. The minimum absolute atomic E-state index is 0.0184. The van der Waals surface area contributed by atoms with E-state index in [2.05, 4.69) is 34.9 Å². The van der Waals surface area contributed by atoms with Crippen molar-refractivity contribution in [3.05, 3.63) is 66.0 Å². The minimum Gasteiger partial charge on any atom is -0.373 e. The summed E-state index contributed by atoms with van der Waals surface area (Å²) in [5, 5.41) is 5.62. The van der Waals surface area contributed by atoms with Crippen LogP contribution in [0.15, 0.2) is 54.6 Å². The first-order chi connectivity index (χ1) is 13.2. The van der Waals surface area contributed by atoms with Crippen LogP contribution >= 0.6 is 0 Å². The molecule has 2 N–H and O–H groups in total. The molecule has 2 aromatic carbocycles. The molecule has 2 aromatic rings. The average molecular weight is 370 g/mol. The van der Waals surface area contributed by atoms with Gasteiger partial charge in [0.1, 0.15) is 11.9 Å². The molecule has 0 spiro atoms. The number of hydrogen-bond donors (Lipinski definition) is 2. The molecule has 2 amide bonds. The molecule has 0 bridgehead atoms. The van der Waals surface area contributed by atoms with Crippen molar-refractivity contribution in [1.29, 1.82) is 0 Å². The van der Waals surface area contributed by atoms with E-state index in [0.717, 1.165) is 12.8 Å². The van der Waals surface area contributed by atoms with Gasteiger partial charge in [-0.3, -0.25) is 0 Å². The maximum Gasteiger partial charge on any atom is 0.319 e. The molecular weight excluding hydrogens is 347 g/mol. The summed E-state index contributed by atoms with van der Waals surface area (Å²) in [5.41, 5.74) is 1.85. The predicted molar refractivity (Wildman–Crippen MR) is 100 cm³/mol. The molecule has 2 fully saturated rings. The smallest absolute Gasteiger partial charge is 0.319 e. The Morgan fingerprint density at radius 3 is 2.52 bits per heavy atom. The van der Waals surface area contributed by atoms with Crippen LogP contribution in [0.5, 0.6) is 0 Å². The van der Waals surface area contributed by atoms with Crippen LogP contribution in [0.25, 0.3) is 0 Å². The number of urea groups is 1. The molecule has 4 rings (SSSR count). The fraction of sp³-hybridized carbons (Fsp3) is 0.381. The van der Waals surface area contributed by atoms with Crippen LogP contribution in [0.3, 0.4) is 0 Å². The van der Waals surface area contributed by atoms with Crippen LogP contribution in [0.2, 0.25) is 0 Å². The van der Waals surface area contributed by atoms with Crippen LogP contribution in [0, 0.1) is 11.7 Å². The lowest BCUT2D eigenvalue weighted by atomic mass is 9.93. The van der Waals surface area contributed by atoms with Crippen LogP contribution in [-0.2, 0) is 15.9 Å². The molecule has 2 aliphatic rings. The highest BCUT2D eigenvalue weighted by atomic mass is 19.1. The molecule has 2 heterocycles. The number of carbonyl (C=O) groups excluding carboxylic acids is 1. The summed E-state index contributed by atoms with van der Waals surface area (Å²) in [6.07, 6.45) is 1.89. The quantitative estimate of drug-likeness (QED) is 0.848. The van der Waals surface area contributed by atoms with Crippen molar-refractivity contribution in [3.63, 3.8) is 0 Å². The Morgan fingerprint density at radius 2 is 1.74 bits per heavy atom. The maximum absolute atomic E-state index is 12.9. The fourth-order valence-corrected chi connectivity index (χ4v) is 3.82. The summed E-state index contributed by atoms with van der Waals surface area (Å²) in [5.74, 6) is -0.00365. The second-order valence-corrected chi connectivity index (χ2v) is 7.09. The summed E-state index contributed by atoms with van der Waals surface area (Å²) >= 11 is 0. The van der Waals surface area contributed by atoms with Crippen molar-refractivity contribution in [2.24, 2.45) is 5.92 Å². The molecule has 27 heavy (non-hydrogen) atoms. The highest BCUT2D eigenvalue weighted by molar-refractivity contribution is 5.89. The zero-order valence-corrected chi connectivity index (χ0v) is 14.9. The van der Waals surface area contributed by atoms with Crippen molar-refractivity contribution < 1.29 is 18.7 Å². The van der Waals surface area contributed by atoms with Gasteiger partial charge in [-0.15, -0.1) is 0 Å². The van der Waals surface area contributed by atoms with Gasteiger partial charge in [-0.2, -0.15) is 0 Å². The highest BCUT2D eigenvalue weighted by Crippen LogP contribution is 2.33. The number of amides is 2. The number of rotatable bonds is 5. The van der Waals surface area contributed by atoms with Gasteiger partial charge in [0.25, 0.3) is 0 Å². The Bertz CT molecular complexity index is 769. The minimum atomic E-state index is -0.341. The van der Waals surface area contributed by atoms with E-state index in [0.29, 0.717) is 24.8 Å². The third kappa shape index (κ3) is 4.28. The number of nitrogens with one attached hydrogen (secondary N) is 2. The third-order valence-electron chi connectivity index (χ3n) is 5.22. The first-order valence-corrected chi connectivity index (χ1v) is 9.29. The van der Waals surface area contributed by atoms with E-state index in [1.165, 1.54) is 29.8 Å². The molecule has 142 valence electrons. The number of carbonyl (C=O) groups is 1. The topological polar surface area (TPSA) is 59.6 Å². The van der Waals surface area contributed by atoms with Crippen LogP contribution < -0.4 is 10.6 Å². The zero-order valence-electron chi connectivity index (χ0n) is 14.9. The molecule has 4 atom stereocenters. The van der Waals surface area contributed by atoms with Gasteiger partial charge < -0.3 is 20.1 Å². The first kappa shape index (κ1) is 17.9. The average Bonchev–Trinajstić information content (AvgIpc) is 3.26. The van der Waals surface area contributed by atoms with E-state index in [4.69, 9.17) is 9.47 Å². The second-order valence-electron chi connectivity index (χ2n) is 7.09. The van der Waals surface area contributed by atoms with Crippen LogP contribution in [-0.4, -0.2) is 37.5 Å². The van der Waals surface area contributed by atoms with Crippen LogP contribution in [0.4, 0.5) is 14.9 Å². The molecule has 2 saturated heterocycles. The number of halogens is 1. The number of hydrogen-bond acceptors (Lipinski definition) is 3. The van der Waals surface area contributed by atoms with Gasteiger partial charge in [0, 0.05) is 11.6 Å². The lowest BCUT2D eigenvalue weighted by Gasteiger charge is -2.18.